The molecule has 1 atom stereocenters. The van der Waals surface area contributed by atoms with Crippen LogP contribution in [0.5, 0.6) is 0 Å². The first-order valence-corrected chi connectivity index (χ1v) is 6.46. The van der Waals surface area contributed by atoms with Crippen molar-refractivity contribution >= 4 is 0 Å². The van der Waals surface area contributed by atoms with Crippen molar-refractivity contribution in [3.05, 3.63) is 0 Å². The quantitative estimate of drug-likeness (QED) is 0.697. The van der Waals surface area contributed by atoms with Crippen LogP contribution in [0.1, 0.15) is 46.0 Å². The lowest BCUT2D eigenvalue weighted by atomic mass is 9.83. The predicted molar refractivity (Wildman–Crippen MR) is 67.2 cm³/mol. The minimum atomic E-state index is 0.452. The average molecular weight is 212 g/mol. The Kier molecular flexibility index (Phi) is 5.07. The topological polar surface area (TPSA) is 15.3 Å². The van der Waals surface area contributed by atoms with Gasteiger partial charge in [0.1, 0.15) is 0 Å². The van der Waals surface area contributed by atoms with Gasteiger partial charge in [0.25, 0.3) is 0 Å². The Morgan fingerprint density at radius 3 is 2.47 bits per heavy atom. The fourth-order valence-electron chi connectivity index (χ4n) is 2.81. The smallest absolute Gasteiger partial charge is 0.00924 e. The standard InChI is InChI=1S/C13H28N2/c1-5-9-13(2,10-14-3)11-15(4)12-7-6-8-12/h12,14H,5-11H2,1-4H3. The van der Waals surface area contributed by atoms with Gasteiger partial charge >= 0.3 is 0 Å². The van der Waals surface area contributed by atoms with E-state index in [9.17, 15) is 0 Å². The molecule has 90 valence electrons. The Bertz CT molecular complexity index is 169. The van der Waals surface area contributed by atoms with Crippen LogP contribution in [-0.2, 0) is 0 Å². The highest BCUT2D eigenvalue weighted by molar-refractivity contribution is 4.85. The molecule has 1 aliphatic carbocycles. The van der Waals surface area contributed by atoms with Crippen LogP contribution in [0.25, 0.3) is 0 Å². The summed E-state index contributed by atoms with van der Waals surface area (Å²) in [6.45, 7) is 7.09. The minimum absolute atomic E-state index is 0.452. The number of hydrogen-bond donors (Lipinski definition) is 1. The summed E-state index contributed by atoms with van der Waals surface area (Å²) >= 11 is 0. The fraction of sp³-hybridized carbons (Fsp3) is 1.00. The van der Waals surface area contributed by atoms with Crippen LogP contribution in [0.4, 0.5) is 0 Å². The molecule has 15 heavy (non-hydrogen) atoms. The Labute approximate surface area is 95.4 Å². The first kappa shape index (κ1) is 13.0. The summed E-state index contributed by atoms with van der Waals surface area (Å²) in [5.74, 6) is 0. The van der Waals surface area contributed by atoms with Gasteiger partial charge in [0.15, 0.2) is 0 Å². The van der Waals surface area contributed by atoms with E-state index in [-0.39, 0.29) is 0 Å². The molecule has 0 heterocycles. The summed E-state index contributed by atoms with van der Waals surface area (Å²) in [4.78, 5) is 2.58. The summed E-state index contributed by atoms with van der Waals surface area (Å²) in [5, 5.41) is 3.35. The largest absolute Gasteiger partial charge is 0.319 e. The first-order chi connectivity index (χ1) is 7.11. The molecular weight excluding hydrogens is 184 g/mol. The Morgan fingerprint density at radius 1 is 1.40 bits per heavy atom. The monoisotopic (exact) mass is 212 g/mol. The van der Waals surface area contributed by atoms with Crippen LogP contribution >= 0.6 is 0 Å². The second-order valence-electron chi connectivity index (χ2n) is 5.59. The lowest BCUT2D eigenvalue weighted by Crippen LogP contribution is -2.46. The van der Waals surface area contributed by atoms with E-state index >= 15 is 0 Å². The molecule has 0 aromatic carbocycles. The van der Waals surface area contributed by atoms with Crippen LogP contribution in [0.15, 0.2) is 0 Å². The molecule has 1 saturated carbocycles. The minimum Gasteiger partial charge on any atom is -0.319 e. The van der Waals surface area contributed by atoms with Gasteiger partial charge in [-0.05, 0) is 38.8 Å². The summed E-state index contributed by atoms with van der Waals surface area (Å²) in [6.07, 6.45) is 6.88. The van der Waals surface area contributed by atoms with Crippen molar-refractivity contribution < 1.29 is 0 Å². The van der Waals surface area contributed by atoms with Crippen LogP contribution in [0, 0.1) is 5.41 Å². The average Bonchev–Trinajstić information content (AvgIpc) is 1.99. The fourth-order valence-corrected chi connectivity index (χ4v) is 2.81. The van der Waals surface area contributed by atoms with Crippen molar-refractivity contribution in [2.45, 2.75) is 52.0 Å². The normalized spacial score (nSPS) is 21.4. The molecule has 0 aliphatic heterocycles. The van der Waals surface area contributed by atoms with E-state index in [1.807, 2.05) is 0 Å². The Morgan fingerprint density at radius 2 is 2.07 bits per heavy atom. The van der Waals surface area contributed by atoms with Crippen LogP contribution in [-0.4, -0.2) is 38.1 Å². The van der Waals surface area contributed by atoms with Crippen molar-refractivity contribution in [1.29, 1.82) is 0 Å². The van der Waals surface area contributed by atoms with Gasteiger partial charge < -0.3 is 10.2 Å². The summed E-state index contributed by atoms with van der Waals surface area (Å²) in [7, 11) is 4.37. The van der Waals surface area contributed by atoms with Crippen LogP contribution < -0.4 is 5.32 Å². The maximum Gasteiger partial charge on any atom is 0.00924 e. The Balaban J connectivity index is 2.40. The maximum absolute atomic E-state index is 3.35. The van der Waals surface area contributed by atoms with E-state index in [2.05, 4.69) is 38.2 Å². The molecule has 0 radical (unpaired) electrons. The third kappa shape index (κ3) is 3.76. The number of nitrogens with zero attached hydrogens (tertiary/aromatic N) is 1. The van der Waals surface area contributed by atoms with E-state index in [4.69, 9.17) is 0 Å². The molecule has 0 amide bonds. The first-order valence-electron chi connectivity index (χ1n) is 6.46. The highest BCUT2D eigenvalue weighted by Gasteiger charge is 2.29. The zero-order chi connectivity index (χ0) is 11.3. The van der Waals surface area contributed by atoms with Gasteiger partial charge in [0.05, 0.1) is 0 Å². The van der Waals surface area contributed by atoms with E-state index < -0.39 is 0 Å². The predicted octanol–water partition coefficient (Wildman–Crippen LogP) is 2.50. The molecule has 0 saturated heterocycles. The summed E-state index contributed by atoms with van der Waals surface area (Å²) in [6, 6.07) is 0.873. The van der Waals surface area contributed by atoms with Crippen molar-refractivity contribution in [2.24, 2.45) is 5.41 Å². The van der Waals surface area contributed by atoms with E-state index in [1.165, 1.54) is 38.6 Å². The zero-order valence-corrected chi connectivity index (χ0v) is 11.0. The molecule has 0 aromatic heterocycles. The van der Waals surface area contributed by atoms with Crippen LogP contribution in [0.2, 0.25) is 0 Å². The van der Waals surface area contributed by atoms with Gasteiger partial charge in [-0.3, -0.25) is 0 Å². The van der Waals surface area contributed by atoms with Crippen molar-refractivity contribution in [1.82, 2.24) is 10.2 Å². The molecule has 1 fully saturated rings. The van der Waals surface area contributed by atoms with Crippen molar-refractivity contribution in [3.63, 3.8) is 0 Å². The SMILES string of the molecule is CCCC(C)(CNC)CN(C)C1CCC1. The van der Waals surface area contributed by atoms with Gasteiger partial charge in [-0.25, -0.2) is 0 Å². The highest BCUT2D eigenvalue weighted by atomic mass is 15.1. The molecule has 1 aliphatic rings. The van der Waals surface area contributed by atoms with Gasteiger partial charge in [0, 0.05) is 19.1 Å². The third-order valence-electron chi connectivity index (χ3n) is 3.79. The molecule has 2 nitrogen and oxygen atoms in total. The van der Waals surface area contributed by atoms with E-state index in [1.54, 1.807) is 0 Å². The van der Waals surface area contributed by atoms with Crippen molar-refractivity contribution in [2.75, 3.05) is 27.2 Å². The van der Waals surface area contributed by atoms with Crippen LogP contribution in [0.3, 0.4) is 0 Å². The lowest BCUT2D eigenvalue weighted by Gasteiger charge is -2.41. The summed E-state index contributed by atoms with van der Waals surface area (Å²) in [5.41, 5.74) is 0.452. The second-order valence-corrected chi connectivity index (χ2v) is 5.59. The lowest BCUT2D eigenvalue weighted by molar-refractivity contribution is 0.0957. The van der Waals surface area contributed by atoms with Gasteiger partial charge in [-0.2, -0.15) is 0 Å². The molecule has 0 bridgehead atoms. The molecule has 0 spiro atoms. The van der Waals surface area contributed by atoms with E-state index in [0.717, 1.165) is 12.6 Å². The molecule has 1 unspecified atom stereocenters. The summed E-state index contributed by atoms with van der Waals surface area (Å²) < 4.78 is 0. The van der Waals surface area contributed by atoms with Gasteiger partial charge in [-0.15, -0.1) is 0 Å². The zero-order valence-electron chi connectivity index (χ0n) is 11.0. The molecule has 0 aromatic rings. The van der Waals surface area contributed by atoms with Crippen molar-refractivity contribution in [3.8, 4) is 0 Å². The highest BCUT2D eigenvalue weighted by Crippen LogP contribution is 2.29. The molecule has 2 heteroatoms. The van der Waals surface area contributed by atoms with E-state index in [0.29, 0.717) is 5.41 Å². The Hall–Kier alpha value is -0.0800. The van der Waals surface area contributed by atoms with Gasteiger partial charge in [0.2, 0.25) is 0 Å². The number of hydrogen-bond acceptors (Lipinski definition) is 2. The number of nitrogens with one attached hydrogen (secondary N) is 1. The second kappa shape index (κ2) is 5.86. The number of rotatable bonds is 7. The maximum atomic E-state index is 3.35. The van der Waals surface area contributed by atoms with Gasteiger partial charge in [-0.1, -0.05) is 26.7 Å². The third-order valence-corrected chi connectivity index (χ3v) is 3.79. The molecule has 1 rings (SSSR count). The molecular formula is C13H28N2. The molecule has 1 N–H and O–H groups in total.